The van der Waals surface area contributed by atoms with Crippen molar-refractivity contribution in [3.63, 3.8) is 0 Å². The first-order valence-corrected chi connectivity index (χ1v) is 4.29. The number of furan rings is 1. The summed E-state index contributed by atoms with van der Waals surface area (Å²) in [6, 6.07) is 1.86. The van der Waals surface area contributed by atoms with E-state index in [0.29, 0.717) is 6.42 Å². The molecule has 1 N–H and O–H groups in total. The smallest absolute Gasteiger partial charge is 0.106 e. The van der Waals surface area contributed by atoms with E-state index >= 15 is 0 Å². The third-order valence-electron chi connectivity index (χ3n) is 1.91. The van der Waals surface area contributed by atoms with Gasteiger partial charge in [-0.15, -0.1) is 11.8 Å². The van der Waals surface area contributed by atoms with Crippen molar-refractivity contribution >= 4 is 0 Å². The highest BCUT2D eigenvalue weighted by molar-refractivity contribution is 5.23. The number of aliphatic hydroxyl groups is 1. The van der Waals surface area contributed by atoms with E-state index in [1.54, 1.807) is 6.92 Å². The summed E-state index contributed by atoms with van der Waals surface area (Å²) in [6.07, 6.45) is -0.0547. The van der Waals surface area contributed by atoms with Gasteiger partial charge in [0.05, 0.1) is 6.10 Å². The zero-order valence-electron chi connectivity index (χ0n) is 8.22. The normalized spacial score (nSPS) is 12.0. The Kier molecular flexibility index (Phi) is 3.16. The summed E-state index contributed by atoms with van der Waals surface area (Å²) >= 11 is 0. The molecule has 2 heteroatoms. The van der Waals surface area contributed by atoms with Gasteiger partial charge in [-0.25, -0.2) is 0 Å². The van der Waals surface area contributed by atoms with Crippen molar-refractivity contribution in [2.24, 2.45) is 0 Å². The maximum atomic E-state index is 9.68. The van der Waals surface area contributed by atoms with Crippen molar-refractivity contribution in [3.05, 3.63) is 23.2 Å². The van der Waals surface area contributed by atoms with Crippen molar-refractivity contribution in [2.75, 3.05) is 0 Å². The number of hydrogen-bond donors (Lipinski definition) is 1. The Labute approximate surface area is 78.6 Å². The standard InChI is InChI=1S/C11H14O2/c1-4-5-6-11(12)10-7-8(2)13-9(10)3/h7,11-12H,6H2,1-3H3. The highest BCUT2D eigenvalue weighted by Gasteiger charge is 2.12. The molecular weight excluding hydrogens is 164 g/mol. The lowest BCUT2D eigenvalue weighted by molar-refractivity contribution is 0.182. The molecule has 2 nitrogen and oxygen atoms in total. The number of aryl methyl sites for hydroxylation is 2. The topological polar surface area (TPSA) is 33.4 Å². The summed E-state index contributed by atoms with van der Waals surface area (Å²) in [5, 5.41) is 9.68. The fourth-order valence-corrected chi connectivity index (χ4v) is 1.29. The summed E-state index contributed by atoms with van der Waals surface area (Å²) in [4.78, 5) is 0. The van der Waals surface area contributed by atoms with Crippen LogP contribution in [0.5, 0.6) is 0 Å². The Morgan fingerprint density at radius 1 is 1.54 bits per heavy atom. The molecule has 1 aromatic heterocycles. The first-order valence-electron chi connectivity index (χ1n) is 4.29. The van der Waals surface area contributed by atoms with Crippen molar-refractivity contribution < 1.29 is 9.52 Å². The van der Waals surface area contributed by atoms with Gasteiger partial charge < -0.3 is 9.52 Å². The van der Waals surface area contributed by atoms with Gasteiger partial charge in [-0.2, -0.15) is 0 Å². The second kappa shape index (κ2) is 4.15. The molecule has 13 heavy (non-hydrogen) atoms. The number of aliphatic hydroxyl groups excluding tert-OH is 1. The van der Waals surface area contributed by atoms with Gasteiger partial charge in [0.2, 0.25) is 0 Å². The Morgan fingerprint density at radius 2 is 2.23 bits per heavy atom. The fourth-order valence-electron chi connectivity index (χ4n) is 1.29. The van der Waals surface area contributed by atoms with Crippen LogP contribution in [0.4, 0.5) is 0 Å². The van der Waals surface area contributed by atoms with Crippen molar-refractivity contribution in [2.45, 2.75) is 33.3 Å². The molecule has 0 aliphatic heterocycles. The quantitative estimate of drug-likeness (QED) is 0.705. The van der Waals surface area contributed by atoms with Crippen molar-refractivity contribution in [3.8, 4) is 11.8 Å². The molecule has 0 spiro atoms. The molecule has 0 radical (unpaired) electrons. The predicted octanol–water partition coefficient (Wildman–Crippen LogP) is 2.34. The van der Waals surface area contributed by atoms with Gasteiger partial charge in [0.1, 0.15) is 11.5 Å². The predicted molar refractivity (Wildman–Crippen MR) is 51.2 cm³/mol. The molecular formula is C11H14O2. The largest absolute Gasteiger partial charge is 0.466 e. The molecule has 0 aliphatic rings. The molecule has 0 aromatic carbocycles. The van der Waals surface area contributed by atoms with Crippen LogP contribution in [0.3, 0.4) is 0 Å². The van der Waals surface area contributed by atoms with Crippen molar-refractivity contribution in [1.29, 1.82) is 0 Å². The monoisotopic (exact) mass is 178 g/mol. The summed E-state index contributed by atoms with van der Waals surface area (Å²) in [6.45, 7) is 5.49. The molecule has 1 aromatic rings. The van der Waals surface area contributed by atoms with E-state index in [1.165, 1.54) is 0 Å². The average molecular weight is 178 g/mol. The molecule has 70 valence electrons. The highest BCUT2D eigenvalue weighted by atomic mass is 16.3. The van der Waals surface area contributed by atoms with E-state index in [9.17, 15) is 5.11 Å². The van der Waals surface area contributed by atoms with Crippen LogP contribution < -0.4 is 0 Å². The Balaban J connectivity index is 2.79. The molecule has 1 rings (SSSR count). The van der Waals surface area contributed by atoms with Gasteiger partial charge in [-0.1, -0.05) is 0 Å². The molecule has 0 amide bonds. The molecule has 1 unspecified atom stereocenters. The summed E-state index contributed by atoms with van der Waals surface area (Å²) in [7, 11) is 0. The van der Waals surface area contributed by atoms with Crippen LogP contribution in [0.15, 0.2) is 10.5 Å². The Morgan fingerprint density at radius 3 is 2.69 bits per heavy atom. The zero-order chi connectivity index (χ0) is 9.84. The number of rotatable bonds is 2. The van der Waals surface area contributed by atoms with Gasteiger partial charge in [-0.3, -0.25) is 0 Å². The van der Waals surface area contributed by atoms with E-state index in [4.69, 9.17) is 4.42 Å². The fraction of sp³-hybridized carbons (Fsp3) is 0.455. The number of hydrogen-bond acceptors (Lipinski definition) is 2. The lowest BCUT2D eigenvalue weighted by atomic mass is 10.1. The van der Waals surface area contributed by atoms with Crippen LogP contribution in [0.2, 0.25) is 0 Å². The highest BCUT2D eigenvalue weighted by Crippen LogP contribution is 2.23. The summed E-state index contributed by atoms with van der Waals surface area (Å²) in [5.74, 6) is 7.21. The van der Waals surface area contributed by atoms with Gasteiger partial charge in [0, 0.05) is 12.0 Å². The van der Waals surface area contributed by atoms with E-state index in [0.717, 1.165) is 17.1 Å². The SMILES string of the molecule is CC#CCC(O)c1cc(C)oc1C. The van der Waals surface area contributed by atoms with Crippen LogP contribution in [0, 0.1) is 25.7 Å². The van der Waals surface area contributed by atoms with Crippen LogP contribution in [0.1, 0.15) is 36.5 Å². The second-order valence-electron chi connectivity index (χ2n) is 3.02. The second-order valence-corrected chi connectivity index (χ2v) is 3.02. The molecule has 0 bridgehead atoms. The lowest BCUT2D eigenvalue weighted by Crippen LogP contribution is -1.95. The third-order valence-corrected chi connectivity index (χ3v) is 1.91. The Bertz CT molecular complexity index is 339. The zero-order valence-corrected chi connectivity index (χ0v) is 8.22. The van der Waals surface area contributed by atoms with Gasteiger partial charge >= 0.3 is 0 Å². The minimum Gasteiger partial charge on any atom is -0.466 e. The maximum Gasteiger partial charge on any atom is 0.106 e. The van der Waals surface area contributed by atoms with E-state index in [2.05, 4.69) is 11.8 Å². The molecule has 0 saturated carbocycles. The van der Waals surface area contributed by atoms with E-state index in [-0.39, 0.29) is 0 Å². The maximum absolute atomic E-state index is 9.68. The minimum absolute atomic E-state index is 0.469. The first-order chi connectivity index (χ1) is 6.15. The summed E-state index contributed by atoms with van der Waals surface area (Å²) < 4.78 is 5.31. The summed E-state index contributed by atoms with van der Waals surface area (Å²) in [5.41, 5.74) is 0.847. The van der Waals surface area contributed by atoms with Crippen LogP contribution in [0.25, 0.3) is 0 Å². The van der Waals surface area contributed by atoms with Crippen LogP contribution in [-0.4, -0.2) is 5.11 Å². The Hall–Kier alpha value is -1.20. The van der Waals surface area contributed by atoms with Gasteiger partial charge in [0.25, 0.3) is 0 Å². The van der Waals surface area contributed by atoms with Crippen LogP contribution >= 0.6 is 0 Å². The third kappa shape index (κ3) is 2.37. The van der Waals surface area contributed by atoms with Gasteiger partial charge in [-0.05, 0) is 26.8 Å². The van der Waals surface area contributed by atoms with E-state index in [1.807, 2.05) is 19.9 Å². The van der Waals surface area contributed by atoms with Gasteiger partial charge in [0.15, 0.2) is 0 Å². The average Bonchev–Trinajstić information content (AvgIpc) is 2.41. The van der Waals surface area contributed by atoms with Crippen LogP contribution in [-0.2, 0) is 0 Å². The van der Waals surface area contributed by atoms with E-state index < -0.39 is 6.10 Å². The lowest BCUT2D eigenvalue weighted by Gasteiger charge is -2.03. The molecule has 1 heterocycles. The molecule has 0 aliphatic carbocycles. The molecule has 0 saturated heterocycles. The van der Waals surface area contributed by atoms with Crippen molar-refractivity contribution in [1.82, 2.24) is 0 Å². The molecule has 0 fully saturated rings. The molecule has 1 atom stereocenters. The first kappa shape index (κ1) is 9.88. The minimum atomic E-state index is -0.523.